The van der Waals surface area contributed by atoms with Crippen molar-refractivity contribution in [1.29, 1.82) is 0 Å². The smallest absolute Gasteiger partial charge is 0.369 e. The first-order valence-corrected chi connectivity index (χ1v) is 7.19. The van der Waals surface area contributed by atoms with E-state index in [4.69, 9.17) is 5.73 Å². The van der Waals surface area contributed by atoms with E-state index < -0.39 is 30.6 Å². The van der Waals surface area contributed by atoms with Crippen molar-refractivity contribution in [3.8, 4) is 0 Å². The Morgan fingerprint density at radius 3 is 2.57 bits per heavy atom. The first-order chi connectivity index (χ1) is 9.78. The first-order valence-electron chi connectivity index (χ1n) is 7.19. The van der Waals surface area contributed by atoms with E-state index in [0.29, 0.717) is 12.8 Å². The van der Waals surface area contributed by atoms with Gasteiger partial charge in [-0.15, -0.1) is 0 Å². The maximum absolute atomic E-state index is 12.4. The Balaban J connectivity index is 1.94. The number of hydrogen-bond donors (Lipinski definition) is 2. The third-order valence-electron chi connectivity index (χ3n) is 4.21. The number of carbonyl (C=O) groups excluding carboxylic acids is 2. The zero-order valence-electron chi connectivity index (χ0n) is 11.7. The fourth-order valence-corrected chi connectivity index (χ4v) is 3.20. The fourth-order valence-electron chi connectivity index (χ4n) is 3.20. The third-order valence-corrected chi connectivity index (χ3v) is 4.21. The first kappa shape index (κ1) is 16.1. The lowest BCUT2D eigenvalue weighted by molar-refractivity contribution is -0.158. The van der Waals surface area contributed by atoms with Gasteiger partial charge >= 0.3 is 6.18 Å². The van der Waals surface area contributed by atoms with Gasteiger partial charge in [0, 0.05) is 12.6 Å². The van der Waals surface area contributed by atoms with Crippen LogP contribution in [0.4, 0.5) is 13.2 Å². The van der Waals surface area contributed by atoms with Crippen molar-refractivity contribution in [2.24, 2.45) is 11.7 Å². The lowest BCUT2D eigenvalue weighted by Crippen LogP contribution is -2.51. The molecule has 2 aliphatic rings. The number of halogens is 3. The number of rotatable bonds is 4. The molecule has 120 valence electrons. The average molecular weight is 307 g/mol. The van der Waals surface area contributed by atoms with Gasteiger partial charge < -0.3 is 16.0 Å². The molecule has 1 aliphatic heterocycles. The van der Waals surface area contributed by atoms with E-state index in [9.17, 15) is 22.8 Å². The Hall–Kier alpha value is -1.31. The van der Waals surface area contributed by atoms with E-state index in [1.807, 2.05) is 0 Å². The van der Waals surface area contributed by atoms with E-state index in [-0.39, 0.29) is 18.5 Å². The number of alkyl halides is 3. The Morgan fingerprint density at radius 2 is 1.95 bits per heavy atom. The molecule has 3 N–H and O–H groups in total. The van der Waals surface area contributed by atoms with Crippen LogP contribution in [0.5, 0.6) is 0 Å². The molecule has 1 heterocycles. The SMILES string of the molecule is NC(=O)C1CCCCC1NC1CCN(CC(F)(F)F)C1=O. The summed E-state index contributed by atoms with van der Waals surface area (Å²) in [6, 6.07) is -0.853. The second-order valence-corrected chi connectivity index (χ2v) is 5.78. The van der Waals surface area contributed by atoms with Crippen LogP contribution in [-0.4, -0.2) is 48.1 Å². The minimum atomic E-state index is -4.38. The summed E-state index contributed by atoms with van der Waals surface area (Å²) < 4.78 is 37.1. The van der Waals surface area contributed by atoms with Crippen LogP contribution in [0.25, 0.3) is 0 Å². The number of carbonyl (C=O) groups is 2. The molecule has 3 atom stereocenters. The Labute approximate surface area is 121 Å². The van der Waals surface area contributed by atoms with Crippen LogP contribution < -0.4 is 11.1 Å². The zero-order valence-corrected chi connectivity index (χ0v) is 11.7. The second-order valence-electron chi connectivity index (χ2n) is 5.78. The summed E-state index contributed by atoms with van der Waals surface area (Å²) in [7, 11) is 0. The molecule has 2 fully saturated rings. The standard InChI is InChI=1S/C13H20F3N3O2/c14-13(15,16)7-19-6-5-10(12(19)21)18-9-4-2-1-3-8(9)11(17)20/h8-10,18H,1-7H2,(H2,17,20). The van der Waals surface area contributed by atoms with Crippen molar-refractivity contribution < 1.29 is 22.8 Å². The molecular weight excluding hydrogens is 287 g/mol. The van der Waals surface area contributed by atoms with E-state index in [0.717, 1.165) is 24.2 Å². The van der Waals surface area contributed by atoms with Crippen LogP contribution >= 0.6 is 0 Å². The molecule has 3 unspecified atom stereocenters. The predicted molar refractivity (Wildman–Crippen MR) is 69.1 cm³/mol. The summed E-state index contributed by atoms with van der Waals surface area (Å²) in [4.78, 5) is 24.2. The molecule has 5 nitrogen and oxygen atoms in total. The highest BCUT2D eigenvalue weighted by Crippen LogP contribution is 2.26. The number of nitrogens with two attached hydrogens (primary N) is 1. The lowest BCUT2D eigenvalue weighted by atomic mass is 9.83. The minimum absolute atomic E-state index is 0.0873. The largest absolute Gasteiger partial charge is 0.406 e. The Bertz CT molecular complexity index is 414. The monoisotopic (exact) mass is 307 g/mol. The zero-order chi connectivity index (χ0) is 15.6. The minimum Gasteiger partial charge on any atom is -0.369 e. The van der Waals surface area contributed by atoms with Crippen LogP contribution in [0, 0.1) is 5.92 Å². The molecule has 0 radical (unpaired) electrons. The normalized spacial score (nSPS) is 30.7. The van der Waals surface area contributed by atoms with Crippen LogP contribution in [0.1, 0.15) is 32.1 Å². The van der Waals surface area contributed by atoms with Crippen LogP contribution in [0.15, 0.2) is 0 Å². The molecule has 21 heavy (non-hydrogen) atoms. The number of likely N-dealkylation sites (tertiary alicyclic amines) is 1. The molecule has 0 aromatic rings. The van der Waals surface area contributed by atoms with E-state index in [1.165, 1.54) is 0 Å². The van der Waals surface area contributed by atoms with E-state index in [1.54, 1.807) is 0 Å². The number of nitrogens with one attached hydrogen (secondary N) is 1. The summed E-state index contributed by atoms with van der Waals surface area (Å²) in [5.74, 6) is -1.30. The molecule has 1 aliphatic carbocycles. The molecule has 0 aromatic heterocycles. The molecule has 8 heteroatoms. The number of amides is 2. The molecule has 1 saturated carbocycles. The molecular formula is C13H20F3N3O2. The summed E-state index contributed by atoms with van der Waals surface area (Å²) in [5.41, 5.74) is 5.35. The fraction of sp³-hybridized carbons (Fsp3) is 0.846. The number of primary amides is 1. The molecule has 0 bridgehead atoms. The molecule has 1 saturated heterocycles. The topological polar surface area (TPSA) is 75.4 Å². The van der Waals surface area contributed by atoms with Crippen LogP contribution in [0.3, 0.4) is 0 Å². The molecule has 0 aromatic carbocycles. The summed E-state index contributed by atoms with van der Waals surface area (Å²) in [5, 5.41) is 3.06. The van der Waals surface area contributed by atoms with E-state index >= 15 is 0 Å². The van der Waals surface area contributed by atoms with Crippen molar-refractivity contribution in [3.63, 3.8) is 0 Å². The van der Waals surface area contributed by atoms with Gasteiger partial charge in [0.15, 0.2) is 0 Å². The average Bonchev–Trinajstić information content (AvgIpc) is 2.70. The summed E-state index contributed by atoms with van der Waals surface area (Å²) in [6.45, 7) is -1.13. The van der Waals surface area contributed by atoms with Crippen molar-refractivity contribution in [1.82, 2.24) is 10.2 Å². The van der Waals surface area contributed by atoms with Gasteiger partial charge in [0.25, 0.3) is 0 Å². The van der Waals surface area contributed by atoms with Gasteiger partial charge in [0.05, 0.1) is 12.0 Å². The molecule has 0 spiro atoms. The van der Waals surface area contributed by atoms with Crippen molar-refractivity contribution in [2.45, 2.75) is 50.4 Å². The highest BCUT2D eigenvalue weighted by molar-refractivity contribution is 5.84. The van der Waals surface area contributed by atoms with Crippen LogP contribution in [0.2, 0.25) is 0 Å². The summed E-state index contributed by atoms with van der Waals surface area (Å²) in [6.07, 6.45) is -0.835. The maximum Gasteiger partial charge on any atom is 0.406 e. The van der Waals surface area contributed by atoms with Crippen LogP contribution in [-0.2, 0) is 9.59 Å². The number of hydrogen-bond acceptors (Lipinski definition) is 3. The highest BCUT2D eigenvalue weighted by Gasteiger charge is 2.41. The van der Waals surface area contributed by atoms with Crippen molar-refractivity contribution >= 4 is 11.8 Å². The van der Waals surface area contributed by atoms with E-state index in [2.05, 4.69) is 5.32 Å². The van der Waals surface area contributed by atoms with Gasteiger partial charge in [0.2, 0.25) is 11.8 Å². The number of nitrogens with zero attached hydrogens (tertiary/aromatic N) is 1. The van der Waals surface area contributed by atoms with Gasteiger partial charge in [-0.3, -0.25) is 9.59 Å². The van der Waals surface area contributed by atoms with Gasteiger partial charge in [-0.2, -0.15) is 13.2 Å². The molecule has 2 amide bonds. The van der Waals surface area contributed by atoms with Gasteiger partial charge in [-0.05, 0) is 19.3 Å². The Kier molecular flexibility index (Phi) is 4.75. The van der Waals surface area contributed by atoms with Gasteiger partial charge in [-0.1, -0.05) is 12.8 Å². The second kappa shape index (κ2) is 6.21. The lowest BCUT2D eigenvalue weighted by Gasteiger charge is -2.32. The third kappa shape index (κ3) is 4.09. The van der Waals surface area contributed by atoms with Gasteiger partial charge in [0.1, 0.15) is 6.54 Å². The van der Waals surface area contributed by atoms with Crippen molar-refractivity contribution in [3.05, 3.63) is 0 Å². The Morgan fingerprint density at radius 1 is 1.29 bits per heavy atom. The highest BCUT2D eigenvalue weighted by atomic mass is 19.4. The summed E-state index contributed by atoms with van der Waals surface area (Å²) >= 11 is 0. The molecule has 2 rings (SSSR count). The quantitative estimate of drug-likeness (QED) is 0.806. The van der Waals surface area contributed by atoms with Gasteiger partial charge in [-0.25, -0.2) is 0 Å². The van der Waals surface area contributed by atoms with Crippen molar-refractivity contribution in [2.75, 3.05) is 13.1 Å². The maximum atomic E-state index is 12.4. The predicted octanol–water partition coefficient (Wildman–Crippen LogP) is 0.783.